The summed E-state index contributed by atoms with van der Waals surface area (Å²) >= 11 is 0. The Bertz CT molecular complexity index is 162. The van der Waals surface area contributed by atoms with Gasteiger partial charge in [0, 0.05) is 18.1 Å². The zero-order chi connectivity index (χ0) is 8.06. The van der Waals surface area contributed by atoms with E-state index < -0.39 is 0 Å². The van der Waals surface area contributed by atoms with Crippen molar-refractivity contribution in [3.8, 4) is 0 Å². The fraction of sp³-hybridized carbons (Fsp3) is 1.00. The lowest BCUT2D eigenvalue weighted by atomic mass is 9.91. The van der Waals surface area contributed by atoms with Crippen LogP contribution in [0.5, 0.6) is 0 Å². The third kappa shape index (κ3) is 0.936. The third-order valence-electron chi connectivity index (χ3n) is 3.54. The van der Waals surface area contributed by atoms with Crippen molar-refractivity contribution in [2.45, 2.75) is 51.6 Å². The maximum atomic E-state index is 2.62. The smallest absolute Gasteiger partial charge is 0.0321 e. The summed E-state index contributed by atoms with van der Waals surface area (Å²) < 4.78 is 0. The van der Waals surface area contributed by atoms with Gasteiger partial charge in [0.05, 0.1) is 0 Å². The van der Waals surface area contributed by atoms with Crippen molar-refractivity contribution in [2.24, 2.45) is 5.92 Å². The maximum absolute atomic E-state index is 2.62. The summed E-state index contributed by atoms with van der Waals surface area (Å²) in [6, 6.07) is 0.967. The standard InChI is InChI=1S/C10H19N/c1-4-5-6-8-7-11-9(8)10(11,2)3/h8-9H,4-7H2,1-3H3. The molecule has 0 bridgehead atoms. The van der Waals surface area contributed by atoms with Gasteiger partial charge >= 0.3 is 0 Å². The van der Waals surface area contributed by atoms with E-state index in [4.69, 9.17) is 0 Å². The highest BCUT2D eigenvalue weighted by atomic mass is 15.5. The summed E-state index contributed by atoms with van der Waals surface area (Å²) in [5.41, 5.74) is 0.582. The van der Waals surface area contributed by atoms with Gasteiger partial charge in [-0.2, -0.15) is 0 Å². The molecule has 0 spiro atoms. The SMILES string of the molecule is CCCCC1CN2C1C2(C)C. The monoisotopic (exact) mass is 153 g/mol. The first-order valence-corrected chi connectivity index (χ1v) is 4.94. The topological polar surface area (TPSA) is 3.01 Å². The quantitative estimate of drug-likeness (QED) is 0.562. The van der Waals surface area contributed by atoms with E-state index in [9.17, 15) is 0 Å². The van der Waals surface area contributed by atoms with E-state index in [1.807, 2.05) is 0 Å². The number of fused-ring (bicyclic) bond motifs is 1. The van der Waals surface area contributed by atoms with Crippen molar-refractivity contribution >= 4 is 0 Å². The van der Waals surface area contributed by atoms with Gasteiger partial charge in [-0.05, 0) is 26.2 Å². The first kappa shape index (κ1) is 7.60. The molecule has 2 heterocycles. The molecule has 0 amide bonds. The van der Waals surface area contributed by atoms with Crippen LogP contribution in [0.1, 0.15) is 40.0 Å². The van der Waals surface area contributed by atoms with Gasteiger partial charge in [-0.1, -0.05) is 19.8 Å². The zero-order valence-corrected chi connectivity index (χ0v) is 7.93. The predicted molar refractivity (Wildman–Crippen MR) is 47.6 cm³/mol. The van der Waals surface area contributed by atoms with Gasteiger partial charge in [-0.15, -0.1) is 0 Å². The minimum Gasteiger partial charge on any atom is -0.291 e. The number of nitrogens with zero attached hydrogens (tertiary/aromatic N) is 1. The molecule has 2 aliphatic rings. The molecule has 0 radical (unpaired) electrons. The van der Waals surface area contributed by atoms with Crippen LogP contribution in [-0.2, 0) is 0 Å². The van der Waals surface area contributed by atoms with Gasteiger partial charge < -0.3 is 0 Å². The molecule has 0 aromatic rings. The van der Waals surface area contributed by atoms with E-state index >= 15 is 0 Å². The Balaban J connectivity index is 1.77. The molecule has 0 aliphatic carbocycles. The Morgan fingerprint density at radius 2 is 2.18 bits per heavy atom. The Morgan fingerprint density at radius 1 is 1.45 bits per heavy atom. The molecule has 2 fully saturated rings. The molecular weight excluding hydrogens is 134 g/mol. The van der Waals surface area contributed by atoms with Crippen LogP contribution < -0.4 is 0 Å². The van der Waals surface area contributed by atoms with Gasteiger partial charge in [0.25, 0.3) is 0 Å². The molecule has 2 saturated heterocycles. The van der Waals surface area contributed by atoms with Gasteiger partial charge in [0.1, 0.15) is 0 Å². The molecule has 0 saturated carbocycles. The number of rotatable bonds is 3. The largest absolute Gasteiger partial charge is 0.291 e. The van der Waals surface area contributed by atoms with E-state index in [0.29, 0.717) is 5.54 Å². The molecule has 0 aromatic heterocycles. The van der Waals surface area contributed by atoms with Crippen molar-refractivity contribution in [2.75, 3.05) is 6.54 Å². The highest BCUT2D eigenvalue weighted by Crippen LogP contribution is 2.54. The average molecular weight is 153 g/mol. The molecule has 2 aliphatic heterocycles. The van der Waals surface area contributed by atoms with E-state index in [1.54, 1.807) is 0 Å². The first-order valence-electron chi connectivity index (χ1n) is 4.94. The van der Waals surface area contributed by atoms with Gasteiger partial charge in [0.2, 0.25) is 0 Å². The predicted octanol–water partition coefficient (Wildman–Crippen LogP) is 2.27. The van der Waals surface area contributed by atoms with Gasteiger partial charge in [-0.3, -0.25) is 4.90 Å². The summed E-state index contributed by atoms with van der Waals surface area (Å²) in [7, 11) is 0. The van der Waals surface area contributed by atoms with Crippen LogP contribution >= 0.6 is 0 Å². The van der Waals surface area contributed by atoms with Crippen molar-refractivity contribution in [3.05, 3.63) is 0 Å². The molecule has 1 nitrogen and oxygen atoms in total. The van der Waals surface area contributed by atoms with Gasteiger partial charge in [-0.25, -0.2) is 0 Å². The third-order valence-corrected chi connectivity index (χ3v) is 3.54. The molecule has 3 unspecified atom stereocenters. The van der Waals surface area contributed by atoms with Crippen molar-refractivity contribution in [3.63, 3.8) is 0 Å². The fourth-order valence-corrected chi connectivity index (χ4v) is 2.71. The lowest BCUT2D eigenvalue weighted by Gasteiger charge is -2.25. The minimum absolute atomic E-state index is 0.582. The normalized spacial score (nSPS) is 44.5. The maximum Gasteiger partial charge on any atom is 0.0321 e. The second kappa shape index (κ2) is 2.22. The lowest BCUT2D eigenvalue weighted by molar-refractivity contribution is 0.229. The van der Waals surface area contributed by atoms with Gasteiger partial charge in [0.15, 0.2) is 0 Å². The van der Waals surface area contributed by atoms with E-state index in [2.05, 4.69) is 25.7 Å². The van der Waals surface area contributed by atoms with Crippen molar-refractivity contribution < 1.29 is 0 Å². The molecule has 3 atom stereocenters. The highest BCUT2D eigenvalue weighted by molar-refractivity contribution is 5.21. The Labute approximate surface area is 69.8 Å². The Kier molecular flexibility index (Phi) is 1.54. The average Bonchev–Trinajstić information content (AvgIpc) is 2.25. The first-order chi connectivity index (χ1) is 5.18. The Morgan fingerprint density at radius 3 is 2.55 bits per heavy atom. The van der Waals surface area contributed by atoms with Crippen LogP contribution in [0.3, 0.4) is 0 Å². The summed E-state index contributed by atoms with van der Waals surface area (Å²) in [5.74, 6) is 1.05. The Hall–Kier alpha value is -0.0400. The van der Waals surface area contributed by atoms with Crippen LogP contribution in [0.4, 0.5) is 0 Å². The van der Waals surface area contributed by atoms with Crippen LogP contribution in [0.15, 0.2) is 0 Å². The molecule has 0 aromatic carbocycles. The fourth-order valence-electron chi connectivity index (χ4n) is 2.71. The molecule has 0 N–H and O–H groups in total. The summed E-state index contributed by atoms with van der Waals surface area (Å²) in [5, 5.41) is 0. The van der Waals surface area contributed by atoms with Crippen LogP contribution in [0.2, 0.25) is 0 Å². The van der Waals surface area contributed by atoms with Crippen LogP contribution in [0.25, 0.3) is 0 Å². The summed E-state index contributed by atoms with van der Waals surface area (Å²) in [6.07, 6.45) is 4.27. The van der Waals surface area contributed by atoms with Crippen LogP contribution in [-0.4, -0.2) is 23.0 Å². The highest BCUT2D eigenvalue weighted by Gasteiger charge is 2.66. The van der Waals surface area contributed by atoms with Crippen molar-refractivity contribution in [1.29, 1.82) is 0 Å². The number of hydrogen-bond donors (Lipinski definition) is 0. The van der Waals surface area contributed by atoms with E-state index in [-0.39, 0.29) is 0 Å². The zero-order valence-electron chi connectivity index (χ0n) is 7.93. The number of hydrogen-bond acceptors (Lipinski definition) is 1. The summed E-state index contributed by atoms with van der Waals surface area (Å²) in [6.45, 7) is 8.43. The molecule has 11 heavy (non-hydrogen) atoms. The minimum atomic E-state index is 0.582. The van der Waals surface area contributed by atoms with Crippen molar-refractivity contribution in [1.82, 2.24) is 4.90 Å². The summed E-state index contributed by atoms with van der Waals surface area (Å²) in [4.78, 5) is 2.62. The number of unbranched alkanes of at least 4 members (excludes halogenated alkanes) is 1. The second-order valence-corrected chi connectivity index (χ2v) is 4.65. The molecule has 1 heteroatoms. The van der Waals surface area contributed by atoms with E-state index in [1.165, 1.54) is 25.8 Å². The molecule has 2 rings (SSSR count). The second-order valence-electron chi connectivity index (χ2n) is 4.65. The van der Waals surface area contributed by atoms with E-state index in [0.717, 1.165) is 12.0 Å². The molecular formula is C10H19N. The molecule has 64 valence electrons. The lowest BCUT2D eigenvalue weighted by Crippen LogP contribution is -2.31. The van der Waals surface area contributed by atoms with Crippen LogP contribution in [0, 0.1) is 5.92 Å².